The van der Waals surface area contributed by atoms with Gasteiger partial charge in [0.15, 0.2) is 0 Å². The molecule has 0 unspecified atom stereocenters. The predicted octanol–water partition coefficient (Wildman–Crippen LogP) is 22.1. The molecule has 16 rings (SSSR count). The molecule has 2 aromatic heterocycles. The zero-order valence-electron chi connectivity index (χ0n) is 46.0. The number of nitrogens with zero attached hydrogens (tertiary/aromatic N) is 4. The minimum absolute atomic E-state index is 1.08. The monoisotopic (exact) mass is 1070 g/mol. The zero-order valence-corrected chi connectivity index (χ0v) is 46.0. The van der Waals surface area contributed by atoms with Crippen molar-refractivity contribution in [1.82, 2.24) is 9.13 Å². The summed E-state index contributed by atoms with van der Waals surface area (Å²) >= 11 is 0. The van der Waals surface area contributed by atoms with Gasteiger partial charge in [-0.05, 0) is 153 Å². The number of hydrogen-bond acceptors (Lipinski definition) is 2. The van der Waals surface area contributed by atoms with Crippen molar-refractivity contribution >= 4 is 99.3 Å². The molecule has 2 heterocycles. The van der Waals surface area contributed by atoms with Gasteiger partial charge in [-0.3, -0.25) is 0 Å². The van der Waals surface area contributed by atoms with E-state index in [1.807, 2.05) is 0 Å². The minimum Gasteiger partial charge on any atom is -0.310 e. The number of anilines is 6. The van der Waals surface area contributed by atoms with E-state index >= 15 is 0 Å². The Bertz CT molecular complexity index is 4650. The summed E-state index contributed by atoms with van der Waals surface area (Å²) in [6.45, 7) is 0. The van der Waals surface area contributed by atoms with E-state index in [1.54, 1.807) is 0 Å². The van der Waals surface area contributed by atoms with Gasteiger partial charge >= 0.3 is 0 Å². The Morgan fingerprint density at radius 1 is 0.179 bits per heavy atom. The Hall–Kier alpha value is -11.2. The molecule has 16 aromatic rings. The van der Waals surface area contributed by atoms with Gasteiger partial charge in [0.25, 0.3) is 0 Å². The molecule has 84 heavy (non-hydrogen) atoms. The fourth-order valence-electron chi connectivity index (χ4n) is 12.9. The van der Waals surface area contributed by atoms with E-state index in [4.69, 9.17) is 0 Å². The van der Waals surface area contributed by atoms with Crippen molar-refractivity contribution in [3.05, 3.63) is 328 Å². The molecule has 0 atom stereocenters. The Morgan fingerprint density at radius 2 is 0.405 bits per heavy atom. The highest BCUT2D eigenvalue weighted by molar-refractivity contribution is 6.10. The fraction of sp³-hybridized carbons (Fsp3) is 0. The lowest BCUT2D eigenvalue weighted by Crippen LogP contribution is -2.10. The van der Waals surface area contributed by atoms with Gasteiger partial charge in [-0.25, -0.2) is 0 Å². The third-order valence-electron chi connectivity index (χ3n) is 16.9. The molecule has 0 N–H and O–H groups in total. The average molecular weight is 1070 g/mol. The van der Waals surface area contributed by atoms with Crippen LogP contribution in [0.15, 0.2) is 328 Å². The maximum absolute atomic E-state index is 2.39. The highest BCUT2D eigenvalue weighted by Crippen LogP contribution is 2.44. The van der Waals surface area contributed by atoms with Gasteiger partial charge < -0.3 is 18.9 Å². The molecule has 0 fully saturated rings. The molecule has 0 radical (unpaired) electrons. The summed E-state index contributed by atoms with van der Waals surface area (Å²) in [5.41, 5.74) is 20.7. The first kappa shape index (κ1) is 48.7. The Labute approximate surface area is 487 Å². The van der Waals surface area contributed by atoms with E-state index in [0.717, 1.165) is 67.8 Å². The second-order valence-corrected chi connectivity index (χ2v) is 21.7. The molecular weight excluding hydrogens is 1020 g/mol. The molecule has 14 aromatic carbocycles. The first-order valence-electron chi connectivity index (χ1n) is 28.8. The smallest absolute Gasteiger partial charge is 0.0541 e. The highest BCUT2D eigenvalue weighted by atomic mass is 15.1. The topological polar surface area (TPSA) is 16.3 Å². The molecule has 4 nitrogen and oxygen atoms in total. The second kappa shape index (κ2) is 20.4. The van der Waals surface area contributed by atoms with Crippen molar-refractivity contribution in [2.45, 2.75) is 0 Å². The molecule has 0 spiro atoms. The summed E-state index contributed by atoms with van der Waals surface area (Å²) in [7, 11) is 0. The minimum atomic E-state index is 1.08. The van der Waals surface area contributed by atoms with Gasteiger partial charge in [-0.2, -0.15) is 0 Å². The molecule has 0 aliphatic carbocycles. The summed E-state index contributed by atoms with van der Waals surface area (Å²) in [5, 5.41) is 9.85. The van der Waals surface area contributed by atoms with E-state index in [-0.39, 0.29) is 0 Å². The summed E-state index contributed by atoms with van der Waals surface area (Å²) in [5.74, 6) is 0. The van der Waals surface area contributed by atoms with E-state index in [2.05, 4.69) is 347 Å². The van der Waals surface area contributed by atoms with E-state index < -0.39 is 0 Å². The summed E-state index contributed by atoms with van der Waals surface area (Å²) in [6.07, 6.45) is 0. The summed E-state index contributed by atoms with van der Waals surface area (Å²) < 4.78 is 4.74. The van der Waals surface area contributed by atoms with Crippen molar-refractivity contribution in [1.29, 1.82) is 0 Å². The number of rotatable bonds is 11. The van der Waals surface area contributed by atoms with Crippen molar-refractivity contribution in [2.24, 2.45) is 0 Å². The molecule has 0 saturated carbocycles. The summed E-state index contributed by atoms with van der Waals surface area (Å²) in [4.78, 5) is 4.78. The van der Waals surface area contributed by atoms with Gasteiger partial charge in [0.05, 0.1) is 33.4 Å². The van der Waals surface area contributed by atoms with Gasteiger partial charge in [0.2, 0.25) is 0 Å². The van der Waals surface area contributed by atoms with Crippen molar-refractivity contribution in [3.63, 3.8) is 0 Å². The van der Waals surface area contributed by atoms with Crippen LogP contribution in [0, 0.1) is 0 Å². The van der Waals surface area contributed by atoms with Crippen molar-refractivity contribution in [3.8, 4) is 44.8 Å². The van der Waals surface area contributed by atoms with Crippen LogP contribution in [0.4, 0.5) is 34.1 Å². The Kier molecular flexibility index (Phi) is 11.8. The van der Waals surface area contributed by atoms with Crippen molar-refractivity contribution in [2.75, 3.05) is 9.80 Å². The van der Waals surface area contributed by atoms with Crippen LogP contribution in [0.5, 0.6) is 0 Å². The van der Waals surface area contributed by atoms with Gasteiger partial charge in [0, 0.05) is 66.4 Å². The standard InChI is InChI=1S/C80H54N4/c1-3-19-69-61(15-1)17-13-29-75(69)81(65-47-35-57(36-48-65)59-39-51-67(52-40-59)83-77-25-9-5-21-71(77)72-22-6-10-26-78(72)83)63-43-31-55(32-44-63)56-33-45-64(46-34-56)82(76-30-14-18-62-16-2-4-20-70(62)76)66-49-37-58(38-50-66)60-41-53-68(54-42-60)84-79-27-11-7-23-73(79)74-24-8-12-28-80(74)84/h1-54H. The fourth-order valence-corrected chi connectivity index (χ4v) is 12.9. The number of hydrogen-bond donors (Lipinski definition) is 0. The Morgan fingerprint density at radius 3 is 0.690 bits per heavy atom. The lowest BCUT2D eigenvalue weighted by atomic mass is 10.0. The maximum Gasteiger partial charge on any atom is 0.0541 e. The zero-order chi connectivity index (χ0) is 55.5. The Balaban J connectivity index is 0.700. The van der Waals surface area contributed by atoms with E-state index in [0.29, 0.717) is 0 Å². The normalized spacial score (nSPS) is 11.6. The summed E-state index contributed by atoms with van der Waals surface area (Å²) in [6, 6.07) is 119. The van der Waals surface area contributed by atoms with Crippen LogP contribution in [-0.2, 0) is 0 Å². The largest absolute Gasteiger partial charge is 0.310 e. The molecular formula is C80H54N4. The van der Waals surface area contributed by atoms with Gasteiger partial charge in [-0.15, -0.1) is 0 Å². The maximum atomic E-state index is 2.39. The molecule has 0 bridgehead atoms. The van der Waals surface area contributed by atoms with Crippen molar-refractivity contribution < 1.29 is 0 Å². The lowest BCUT2D eigenvalue weighted by molar-refractivity contribution is 1.18. The van der Waals surface area contributed by atoms with Crippen LogP contribution in [0.2, 0.25) is 0 Å². The third kappa shape index (κ3) is 8.39. The molecule has 4 heteroatoms. The van der Waals surface area contributed by atoms with E-state index in [1.165, 1.54) is 76.3 Å². The number of fused-ring (bicyclic) bond motifs is 8. The molecule has 0 aliphatic rings. The third-order valence-corrected chi connectivity index (χ3v) is 16.9. The lowest BCUT2D eigenvalue weighted by Gasteiger charge is -2.28. The van der Waals surface area contributed by atoms with Crippen LogP contribution in [0.25, 0.3) is 110 Å². The van der Waals surface area contributed by atoms with Gasteiger partial charge in [0.1, 0.15) is 0 Å². The van der Waals surface area contributed by atoms with Gasteiger partial charge in [-0.1, -0.05) is 218 Å². The van der Waals surface area contributed by atoms with E-state index in [9.17, 15) is 0 Å². The van der Waals surface area contributed by atoms with Crippen LogP contribution in [0.1, 0.15) is 0 Å². The number of aromatic nitrogens is 2. The molecule has 0 aliphatic heterocycles. The van der Waals surface area contributed by atoms with Crippen LogP contribution in [-0.4, -0.2) is 9.13 Å². The van der Waals surface area contributed by atoms with Crippen LogP contribution in [0.3, 0.4) is 0 Å². The number of benzene rings is 14. The SMILES string of the molecule is c1ccc2c(N(c3ccc(-c4ccc(N(c5ccc(-c6ccc(-n7c8ccccc8c8ccccc87)cc6)cc5)c5cccc6ccccc56)cc4)cc3)c3ccc(-c4ccc(-n5c6ccccc6c6ccccc65)cc4)cc3)cccc2c1. The molecule has 0 amide bonds. The average Bonchev–Trinajstić information content (AvgIpc) is 4.05. The first-order valence-corrected chi connectivity index (χ1v) is 28.8. The number of para-hydroxylation sites is 4. The van der Waals surface area contributed by atoms with Crippen LogP contribution >= 0.6 is 0 Å². The highest BCUT2D eigenvalue weighted by Gasteiger charge is 2.20. The molecule has 0 saturated heterocycles. The predicted molar refractivity (Wildman–Crippen MR) is 356 cm³/mol. The second-order valence-electron chi connectivity index (χ2n) is 21.7. The molecule has 394 valence electrons. The quantitative estimate of drug-likeness (QED) is 0.128. The van der Waals surface area contributed by atoms with Crippen LogP contribution < -0.4 is 9.80 Å². The first-order chi connectivity index (χ1) is 41.7.